The van der Waals surface area contributed by atoms with E-state index in [2.05, 4.69) is 29.5 Å². The van der Waals surface area contributed by atoms with Crippen LogP contribution in [0.1, 0.15) is 90.7 Å². The van der Waals surface area contributed by atoms with Crippen molar-refractivity contribution in [2.24, 2.45) is 5.41 Å². The van der Waals surface area contributed by atoms with Crippen molar-refractivity contribution in [3.63, 3.8) is 0 Å². The van der Waals surface area contributed by atoms with Crippen molar-refractivity contribution in [1.82, 2.24) is 8.75 Å². The fourth-order valence-corrected chi connectivity index (χ4v) is 3.39. The molecule has 2 nitrogen and oxygen atoms in total. The highest BCUT2D eigenvalue weighted by Crippen LogP contribution is 2.34. The van der Waals surface area contributed by atoms with Crippen molar-refractivity contribution in [2.75, 3.05) is 0 Å². The van der Waals surface area contributed by atoms with Gasteiger partial charge in [0, 0.05) is 0 Å². The molecule has 0 aliphatic carbocycles. The lowest BCUT2D eigenvalue weighted by Crippen LogP contribution is -2.20. The van der Waals surface area contributed by atoms with E-state index in [4.69, 9.17) is 0 Å². The summed E-state index contributed by atoms with van der Waals surface area (Å²) in [6, 6.07) is 0. The molecule has 0 radical (unpaired) electrons. The molecule has 0 N–H and O–H groups in total. The Labute approximate surface area is 129 Å². The first kappa shape index (κ1) is 17.6. The molecule has 0 fully saturated rings. The van der Waals surface area contributed by atoms with Gasteiger partial charge in [-0.3, -0.25) is 0 Å². The predicted octanol–water partition coefficient (Wildman–Crippen LogP) is 6.03. The number of rotatable bonds is 12. The van der Waals surface area contributed by atoms with Gasteiger partial charge >= 0.3 is 0 Å². The van der Waals surface area contributed by atoms with Crippen molar-refractivity contribution in [3.05, 3.63) is 11.9 Å². The van der Waals surface area contributed by atoms with Crippen LogP contribution in [0, 0.1) is 5.41 Å². The fourth-order valence-electron chi connectivity index (χ4n) is 2.96. The summed E-state index contributed by atoms with van der Waals surface area (Å²) in [5, 5.41) is 0. The van der Waals surface area contributed by atoms with Gasteiger partial charge in [0.15, 0.2) is 0 Å². The Hall–Kier alpha value is -0.440. The molecule has 1 aromatic rings. The van der Waals surface area contributed by atoms with E-state index < -0.39 is 0 Å². The van der Waals surface area contributed by atoms with Crippen molar-refractivity contribution >= 4 is 11.7 Å². The maximum absolute atomic E-state index is 4.42. The predicted molar refractivity (Wildman–Crippen MR) is 89.2 cm³/mol. The summed E-state index contributed by atoms with van der Waals surface area (Å²) >= 11 is 1.34. The van der Waals surface area contributed by atoms with Gasteiger partial charge in [-0.15, -0.1) is 0 Å². The summed E-state index contributed by atoms with van der Waals surface area (Å²) < 4.78 is 8.58. The quantitative estimate of drug-likeness (QED) is 0.440. The van der Waals surface area contributed by atoms with E-state index in [9.17, 15) is 0 Å². The second-order valence-electron chi connectivity index (χ2n) is 6.51. The zero-order chi connectivity index (χ0) is 14.7. The Morgan fingerprint density at radius 1 is 0.950 bits per heavy atom. The highest BCUT2D eigenvalue weighted by Gasteiger charge is 2.24. The lowest BCUT2D eigenvalue weighted by Gasteiger charge is -2.29. The lowest BCUT2D eigenvalue weighted by atomic mass is 9.76. The van der Waals surface area contributed by atoms with Gasteiger partial charge in [-0.1, -0.05) is 72.1 Å². The normalized spacial score (nSPS) is 11.9. The molecular weight excluding hydrogens is 264 g/mol. The maximum atomic E-state index is 4.42. The molecular formula is C17H32N2S. The summed E-state index contributed by atoms with van der Waals surface area (Å²) in [5.41, 5.74) is 1.63. The van der Waals surface area contributed by atoms with Crippen LogP contribution in [-0.4, -0.2) is 8.75 Å². The SMILES string of the molecule is CCCCCCC(C)(CCCCCC)Cc1cnsn1. The van der Waals surface area contributed by atoms with Crippen LogP contribution in [0.5, 0.6) is 0 Å². The highest BCUT2D eigenvalue weighted by atomic mass is 32.1. The molecule has 0 saturated heterocycles. The zero-order valence-electron chi connectivity index (χ0n) is 13.7. The third-order valence-electron chi connectivity index (χ3n) is 4.28. The Balaban J connectivity index is 2.43. The van der Waals surface area contributed by atoms with Crippen LogP contribution in [0.3, 0.4) is 0 Å². The van der Waals surface area contributed by atoms with Crippen LogP contribution < -0.4 is 0 Å². The number of hydrogen-bond donors (Lipinski definition) is 0. The van der Waals surface area contributed by atoms with E-state index in [1.165, 1.54) is 81.6 Å². The first-order chi connectivity index (χ1) is 9.70. The zero-order valence-corrected chi connectivity index (χ0v) is 14.5. The first-order valence-electron chi connectivity index (χ1n) is 8.46. The van der Waals surface area contributed by atoms with Gasteiger partial charge in [0.05, 0.1) is 23.6 Å². The van der Waals surface area contributed by atoms with Crippen LogP contribution in [0.15, 0.2) is 6.20 Å². The lowest BCUT2D eigenvalue weighted by molar-refractivity contribution is 0.247. The summed E-state index contributed by atoms with van der Waals surface area (Å²) in [6.45, 7) is 7.03. The van der Waals surface area contributed by atoms with Crippen molar-refractivity contribution in [1.29, 1.82) is 0 Å². The third kappa shape index (κ3) is 7.37. The van der Waals surface area contributed by atoms with Crippen LogP contribution in [0.4, 0.5) is 0 Å². The average Bonchev–Trinajstić information content (AvgIpc) is 2.93. The topological polar surface area (TPSA) is 25.8 Å². The standard InChI is InChI=1S/C17H32N2S/c1-4-6-8-10-12-17(3,13-11-9-7-5-2)14-16-15-18-20-19-16/h15H,4-14H2,1-3H3. The minimum atomic E-state index is 0.428. The minimum Gasteiger partial charge on any atom is -0.181 e. The Morgan fingerprint density at radius 2 is 1.55 bits per heavy atom. The second-order valence-corrected chi connectivity index (χ2v) is 7.06. The molecule has 0 bridgehead atoms. The summed E-state index contributed by atoms with van der Waals surface area (Å²) in [4.78, 5) is 0. The van der Waals surface area contributed by atoms with Crippen molar-refractivity contribution < 1.29 is 0 Å². The Bertz CT molecular complexity index is 310. The third-order valence-corrected chi connectivity index (χ3v) is 4.80. The minimum absolute atomic E-state index is 0.428. The van der Waals surface area contributed by atoms with Gasteiger partial charge in [-0.05, 0) is 24.7 Å². The molecule has 1 heterocycles. The van der Waals surface area contributed by atoms with E-state index in [0.29, 0.717) is 5.41 Å². The number of unbranched alkanes of at least 4 members (excludes halogenated alkanes) is 6. The molecule has 3 heteroatoms. The number of aromatic nitrogens is 2. The van der Waals surface area contributed by atoms with Gasteiger partial charge in [0.2, 0.25) is 0 Å². The Kier molecular flexibility index (Phi) is 9.08. The molecule has 20 heavy (non-hydrogen) atoms. The first-order valence-corrected chi connectivity index (χ1v) is 9.19. The summed E-state index contributed by atoms with van der Waals surface area (Å²) in [6.07, 6.45) is 16.7. The molecule has 116 valence electrons. The van der Waals surface area contributed by atoms with Gasteiger partial charge in [0.1, 0.15) is 0 Å². The van der Waals surface area contributed by atoms with Crippen LogP contribution in [0.25, 0.3) is 0 Å². The van der Waals surface area contributed by atoms with Gasteiger partial charge in [-0.25, -0.2) is 0 Å². The smallest absolute Gasteiger partial charge is 0.0748 e. The molecule has 0 amide bonds. The average molecular weight is 297 g/mol. The monoisotopic (exact) mass is 296 g/mol. The van der Waals surface area contributed by atoms with Crippen molar-refractivity contribution in [3.8, 4) is 0 Å². The molecule has 0 atom stereocenters. The molecule has 0 saturated carbocycles. The number of hydrogen-bond acceptors (Lipinski definition) is 3. The van der Waals surface area contributed by atoms with Crippen LogP contribution in [0.2, 0.25) is 0 Å². The van der Waals surface area contributed by atoms with Crippen molar-refractivity contribution in [2.45, 2.75) is 91.4 Å². The Morgan fingerprint density at radius 3 is 2.00 bits per heavy atom. The van der Waals surface area contributed by atoms with E-state index >= 15 is 0 Å². The van der Waals surface area contributed by atoms with Gasteiger partial charge < -0.3 is 0 Å². The van der Waals surface area contributed by atoms with Crippen LogP contribution in [-0.2, 0) is 6.42 Å². The largest absolute Gasteiger partial charge is 0.181 e. The van der Waals surface area contributed by atoms with E-state index in [0.717, 1.165) is 6.42 Å². The molecule has 0 aliphatic heterocycles. The molecule has 0 aromatic carbocycles. The molecule has 0 aliphatic rings. The summed E-state index contributed by atoms with van der Waals surface area (Å²) in [7, 11) is 0. The van der Waals surface area contributed by atoms with E-state index in [1.54, 1.807) is 0 Å². The van der Waals surface area contributed by atoms with E-state index in [1.807, 2.05) is 6.20 Å². The number of nitrogens with zero attached hydrogens (tertiary/aromatic N) is 2. The molecule has 0 unspecified atom stereocenters. The van der Waals surface area contributed by atoms with E-state index in [-0.39, 0.29) is 0 Å². The summed E-state index contributed by atoms with van der Waals surface area (Å²) in [5.74, 6) is 0. The molecule has 1 aromatic heterocycles. The van der Waals surface area contributed by atoms with Gasteiger partial charge in [-0.2, -0.15) is 8.75 Å². The van der Waals surface area contributed by atoms with Gasteiger partial charge in [0.25, 0.3) is 0 Å². The molecule has 0 spiro atoms. The second kappa shape index (κ2) is 10.3. The molecule has 1 rings (SSSR count). The van der Waals surface area contributed by atoms with Crippen LogP contribution >= 0.6 is 11.7 Å². The fraction of sp³-hybridized carbons (Fsp3) is 0.882. The highest BCUT2D eigenvalue weighted by molar-refractivity contribution is 6.99. The maximum Gasteiger partial charge on any atom is 0.0748 e.